The van der Waals surface area contributed by atoms with Crippen molar-refractivity contribution in [2.45, 2.75) is 44.8 Å². The number of hydrogen-bond donors (Lipinski definition) is 1. The lowest BCUT2D eigenvalue weighted by Crippen LogP contribution is -2.46. The van der Waals surface area contributed by atoms with Crippen molar-refractivity contribution in [2.24, 2.45) is 0 Å². The summed E-state index contributed by atoms with van der Waals surface area (Å²) in [4.78, 5) is 2.40. The zero-order chi connectivity index (χ0) is 13.1. The van der Waals surface area contributed by atoms with E-state index in [2.05, 4.69) is 31.1 Å². The Hall–Kier alpha value is -0.930. The van der Waals surface area contributed by atoms with Gasteiger partial charge in [-0.25, -0.2) is 4.39 Å². The van der Waals surface area contributed by atoms with Gasteiger partial charge in [-0.05, 0) is 58.0 Å². The van der Waals surface area contributed by atoms with E-state index in [0.29, 0.717) is 12.1 Å². The quantitative estimate of drug-likeness (QED) is 0.887. The Bertz CT molecular complexity index is 377. The lowest BCUT2D eigenvalue weighted by Gasteiger charge is -2.36. The minimum absolute atomic E-state index is 0.168. The first-order valence-corrected chi connectivity index (χ1v) is 6.78. The molecule has 1 heterocycles. The van der Waals surface area contributed by atoms with Crippen molar-refractivity contribution in [2.75, 3.05) is 13.6 Å². The highest BCUT2D eigenvalue weighted by Crippen LogP contribution is 2.20. The fourth-order valence-electron chi connectivity index (χ4n) is 2.64. The smallest absolute Gasteiger partial charge is 0.123 e. The SMILES string of the molecule is CC(NC1CCN(C)C(C)C1)c1ccc(F)cc1. The maximum absolute atomic E-state index is 12.9. The molecule has 3 unspecified atom stereocenters. The first-order chi connectivity index (χ1) is 8.56. The molecule has 100 valence electrons. The molecule has 1 aliphatic rings. The van der Waals surface area contributed by atoms with Crippen LogP contribution in [0.15, 0.2) is 24.3 Å². The van der Waals surface area contributed by atoms with Crippen molar-refractivity contribution < 1.29 is 4.39 Å². The second kappa shape index (κ2) is 5.81. The standard InChI is InChI=1S/C15H23FN2/c1-11-10-15(8-9-18(11)3)17-12(2)13-4-6-14(16)7-5-13/h4-7,11-12,15,17H,8-10H2,1-3H3. The number of likely N-dealkylation sites (tertiary alicyclic amines) is 1. The molecule has 0 radical (unpaired) electrons. The van der Waals surface area contributed by atoms with E-state index >= 15 is 0 Å². The fraction of sp³-hybridized carbons (Fsp3) is 0.600. The van der Waals surface area contributed by atoms with Crippen LogP contribution in [-0.2, 0) is 0 Å². The van der Waals surface area contributed by atoms with Gasteiger partial charge in [0.1, 0.15) is 5.82 Å². The minimum Gasteiger partial charge on any atom is -0.307 e. The number of benzene rings is 1. The molecule has 2 rings (SSSR count). The molecule has 1 saturated heterocycles. The predicted octanol–water partition coefficient (Wildman–Crippen LogP) is 2.96. The molecule has 1 N–H and O–H groups in total. The second-order valence-corrected chi connectivity index (χ2v) is 5.49. The van der Waals surface area contributed by atoms with E-state index in [9.17, 15) is 4.39 Å². The zero-order valence-electron chi connectivity index (χ0n) is 11.5. The van der Waals surface area contributed by atoms with Gasteiger partial charge in [0.05, 0.1) is 0 Å². The largest absolute Gasteiger partial charge is 0.307 e. The third-order valence-electron chi connectivity index (χ3n) is 4.06. The second-order valence-electron chi connectivity index (χ2n) is 5.49. The number of halogens is 1. The molecule has 3 atom stereocenters. The molecule has 1 aromatic rings. The Morgan fingerprint density at radius 1 is 1.33 bits per heavy atom. The summed E-state index contributed by atoms with van der Waals surface area (Å²) in [5.41, 5.74) is 1.16. The van der Waals surface area contributed by atoms with Gasteiger partial charge in [-0.1, -0.05) is 12.1 Å². The number of piperidine rings is 1. The number of hydrogen-bond acceptors (Lipinski definition) is 2. The van der Waals surface area contributed by atoms with Gasteiger partial charge in [0.2, 0.25) is 0 Å². The van der Waals surface area contributed by atoms with Crippen LogP contribution in [-0.4, -0.2) is 30.6 Å². The molecule has 1 fully saturated rings. The van der Waals surface area contributed by atoms with Crippen LogP contribution < -0.4 is 5.32 Å². The van der Waals surface area contributed by atoms with E-state index in [1.54, 1.807) is 0 Å². The fourth-order valence-corrected chi connectivity index (χ4v) is 2.64. The molecular weight excluding hydrogens is 227 g/mol. The molecule has 18 heavy (non-hydrogen) atoms. The average molecular weight is 250 g/mol. The van der Waals surface area contributed by atoms with Crippen molar-refractivity contribution in [3.05, 3.63) is 35.6 Å². The molecule has 0 spiro atoms. The lowest BCUT2D eigenvalue weighted by molar-refractivity contribution is 0.163. The predicted molar refractivity (Wildman–Crippen MR) is 73.1 cm³/mol. The number of rotatable bonds is 3. The average Bonchev–Trinajstić information content (AvgIpc) is 2.34. The summed E-state index contributed by atoms with van der Waals surface area (Å²) in [5, 5.41) is 3.66. The van der Waals surface area contributed by atoms with Gasteiger partial charge < -0.3 is 10.2 Å². The highest BCUT2D eigenvalue weighted by atomic mass is 19.1. The zero-order valence-corrected chi connectivity index (χ0v) is 11.5. The number of nitrogens with one attached hydrogen (secondary N) is 1. The Balaban J connectivity index is 1.91. The van der Waals surface area contributed by atoms with Crippen LogP contribution in [0.5, 0.6) is 0 Å². The van der Waals surface area contributed by atoms with Crippen LogP contribution in [0.25, 0.3) is 0 Å². The van der Waals surface area contributed by atoms with E-state index in [1.165, 1.54) is 25.0 Å². The monoisotopic (exact) mass is 250 g/mol. The van der Waals surface area contributed by atoms with E-state index in [4.69, 9.17) is 0 Å². The van der Waals surface area contributed by atoms with Gasteiger partial charge in [0.25, 0.3) is 0 Å². The Morgan fingerprint density at radius 2 is 2.00 bits per heavy atom. The van der Waals surface area contributed by atoms with Gasteiger partial charge in [0, 0.05) is 18.1 Å². The van der Waals surface area contributed by atoms with E-state index in [-0.39, 0.29) is 11.9 Å². The Labute approximate surface area is 109 Å². The third-order valence-corrected chi connectivity index (χ3v) is 4.06. The molecular formula is C15H23FN2. The van der Waals surface area contributed by atoms with Crippen LogP contribution in [0.4, 0.5) is 4.39 Å². The molecule has 3 heteroatoms. The molecule has 0 aliphatic carbocycles. The van der Waals surface area contributed by atoms with Crippen LogP contribution in [0.2, 0.25) is 0 Å². The van der Waals surface area contributed by atoms with Crippen molar-refractivity contribution in [1.29, 1.82) is 0 Å². The summed E-state index contributed by atoms with van der Waals surface area (Å²) >= 11 is 0. The number of nitrogens with zero attached hydrogens (tertiary/aromatic N) is 1. The molecule has 0 saturated carbocycles. The minimum atomic E-state index is -0.168. The molecule has 1 aromatic carbocycles. The third kappa shape index (κ3) is 3.30. The lowest BCUT2D eigenvalue weighted by atomic mass is 9.97. The maximum Gasteiger partial charge on any atom is 0.123 e. The van der Waals surface area contributed by atoms with Crippen molar-refractivity contribution >= 4 is 0 Å². The maximum atomic E-state index is 12.9. The topological polar surface area (TPSA) is 15.3 Å². The van der Waals surface area contributed by atoms with Crippen LogP contribution in [0.1, 0.15) is 38.3 Å². The van der Waals surface area contributed by atoms with Crippen molar-refractivity contribution in [3.63, 3.8) is 0 Å². The van der Waals surface area contributed by atoms with Crippen LogP contribution in [0.3, 0.4) is 0 Å². The van der Waals surface area contributed by atoms with E-state index in [0.717, 1.165) is 12.1 Å². The van der Waals surface area contributed by atoms with Crippen molar-refractivity contribution in [3.8, 4) is 0 Å². The molecule has 2 nitrogen and oxygen atoms in total. The summed E-state index contributed by atoms with van der Waals surface area (Å²) in [6.45, 7) is 5.57. The van der Waals surface area contributed by atoms with Gasteiger partial charge >= 0.3 is 0 Å². The Morgan fingerprint density at radius 3 is 2.61 bits per heavy atom. The summed E-state index contributed by atoms with van der Waals surface area (Å²) < 4.78 is 12.9. The summed E-state index contributed by atoms with van der Waals surface area (Å²) in [7, 11) is 2.18. The summed E-state index contributed by atoms with van der Waals surface area (Å²) in [6, 6.07) is 8.28. The summed E-state index contributed by atoms with van der Waals surface area (Å²) in [5.74, 6) is -0.168. The highest BCUT2D eigenvalue weighted by molar-refractivity contribution is 5.19. The van der Waals surface area contributed by atoms with Crippen molar-refractivity contribution in [1.82, 2.24) is 10.2 Å². The molecule has 0 bridgehead atoms. The van der Waals surface area contributed by atoms with Gasteiger partial charge in [-0.2, -0.15) is 0 Å². The van der Waals surface area contributed by atoms with Crippen LogP contribution >= 0.6 is 0 Å². The Kier molecular flexibility index (Phi) is 4.36. The van der Waals surface area contributed by atoms with Gasteiger partial charge in [0.15, 0.2) is 0 Å². The summed E-state index contributed by atoms with van der Waals surface area (Å²) in [6.07, 6.45) is 2.37. The van der Waals surface area contributed by atoms with E-state index in [1.807, 2.05) is 12.1 Å². The highest BCUT2D eigenvalue weighted by Gasteiger charge is 2.23. The van der Waals surface area contributed by atoms with Gasteiger partial charge in [-0.3, -0.25) is 0 Å². The first-order valence-electron chi connectivity index (χ1n) is 6.78. The first kappa shape index (κ1) is 13.5. The van der Waals surface area contributed by atoms with E-state index < -0.39 is 0 Å². The molecule has 0 amide bonds. The molecule has 0 aromatic heterocycles. The molecule has 1 aliphatic heterocycles. The van der Waals surface area contributed by atoms with Gasteiger partial charge in [-0.15, -0.1) is 0 Å². The van der Waals surface area contributed by atoms with Crippen LogP contribution in [0, 0.1) is 5.82 Å². The normalized spacial score (nSPS) is 27.1.